The summed E-state index contributed by atoms with van der Waals surface area (Å²) in [6.45, 7) is 5.07. The van der Waals surface area contributed by atoms with Crippen LogP contribution < -0.4 is 20.5 Å². The molecule has 1 aliphatic carbocycles. The molecule has 40 heavy (non-hydrogen) atoms. The quantitative estimate of drug-likeness (QED) is 0.131. The second kappa shape index (κ2) is 15.5. The zero-order chi connectivity index (χ0) is 28.2. The van der Waals surface area contributed by atoms with Gasteiger partial charge < -0.3 is 20.5 Å². The molecule has 3 N–H and O–H groups in total. The van der Waals surface area contributed by atoms with E-state index in [1.165, 1.54) is 31.9 Å². The Morgan fingerprint density at radius 1 is 1.23 bits per heavy atom. The number of rotatable bonds is 14. The van der Waals surface area contributed by atoms with Crippen LogP contribution in [0.1, 0.15) is 52.0 Å². The monoisotopic (exact) mass is 584 g/mol. The molecule has 10 nitrogen and oxygen atoms in total. The van der Waals surface area contributed by atoms with E-state index in [1.54, 1.807) is 18.5 Å². The molecule has 0 saturated heterocycles. The second-order valence-electron chi connectivity index (χ2n) is 9.44. The van der Waals surface area contributed by atoms with Crippen LogP contribution in [-0.2, 0) is 0 Å². The van der Waals surface area contributed by atoms with Crippen LogP contribution in [-0.4, -0.2) is 63.2 Å². The summed E-state index contributed by atoms with van der Waals surface area (Å²) in [4.78, 5) is 17.0. The lowest BCUT2D eigenvalue weighted by Gasteiger charge is -2.21. The highest BCUT2D eigenvalue weighted by Gasteiger charge is 2.20. The summed E-state index contributed by atoms with van der Waals surface area (Å²) in [5.41, 5.74) is 7.71. The molecule has 0 unspecified atom stereocenters. The van der Waals surface area contributed by atoms with Crippen molar-refractivity contribution in [1.82, 2.24) is 19.7 Å². The summed E-state index contributed by atoms with van der Waals surface area (Å²) in [5, 5.41) is 8.61. The predicted octanol–water partition coefficient (Wildman–Crippen LogP) is 6.16. The number of ether oxygens (including phenoxy) is 2. The summed E-state index contributed by atoms with van der Waals surface area (Å²) in [7, 11) is 0. The van der Waals surface area contributed by atoms with E-state index in [2.05, 4.69) is 32.2 Å². The first-order chi connectivity index (χ1) is 19.6. The first-order valence-corrected chi connectivity index (χ1v) is 15.2. The van der Waals surface area contributed by atoms with Gasteiger partial charge in [-0.3, -0.25) is 9.67 Å². The van der Waals surface area contributed by atoms with Gasteiger partial charge in [0.05, 0.1) is 36.8 Å². The lowest BCUT2D eigenvalue weighted by atomic mass is 9.96. The number of aromatic nitrogens is 4. The number of thioether (sulfide) groups is 1. The molecule has 4 rings (SSSR count). The van der Waals surface area contributed by atoms with E-state index in [0.29, 0.717) is 41.8 Å². The number of anilines is 2. The van der Waals surface area contributed by atoms with Gasteiger partial charge in [0.25, 0.3) is 5.88 Å². The van der Waals surface area contributed by atoms with Gasteiger partial charge in [0.1, 0.15) is 23.9 Å². The Bertz CT molecular complexity index is 1260. The van der Waals surface area contributed by atoms with Crippen molar-refractivity contribution >= 4 is 47.7 Å². The van der Waals surface area contributed by atoms with Crippen molar-refractivity contribution in [3.63, 3.8) is 0 Å². The van der Waals surface area contributed by atoms with E-state index in [0.717, 1.165) is 41.2 Å². The summed E-state index contributed by atoms with van der Waals surface area (Å²) in [6, 6.07) is 5.98. The van der Waals surface area contributed by atoms with Crippen LogP contribution in [0.3, 0.4) is 0 Å². The minimum atomic E-state index is -0.202. The topological polar surface area (TPSA) is 125 Å². The molecule has 1 saturated carbocycles. The summed E-state index contributed by atoms with van der Waals surface area (Å²) in [6.07, 6.45) is 14.0. The number of nitrogens with one attached hydrogen (secondary N) is 1. The van der Waals surface area contributed by atoms with Gasteiger partial charge in [0, 0.05) is 23.7 Å². The molecule has 12 heteroatoms. The minimum absolute atomic E-state index is 0.202. The lowest BCUT2D eigenvalue weighted by molar-refractivity contribution is 0.231. The van der Waals surface area contributed by atoms with Crippen molar-refractivity contribution in [2.45, 2.75) is 58.1 Å². The molecule has 1 atom stereocenters. The zero-order valence-corrected chi connectivity index (χ0v) is 24.6. The Morgan fingerprint density at radius 2 is 2.02 bits per heavy atom. The molecular formula is C28H37ClN8O2S. The Hall–Kier alpha value is -3.31. The van der Waals surface area contributed by atoms with Gasteiger partial charge in [0.15, 0.2) is 0 Å². The van der Waals surface area contributed by atoms with E-state index < -0.39 is 0 Å². The van der Waals surface area contributed by atoms with Crippen LogP contribution in [0.4, 0.5) is 11.6 Å². The highest BCUT2D eigenvalue weighted by atomic mass is 35.5. The lowest BCUT2D eigenvalue weighted by Crippen LogP contribution is -2.15. The second-order valence-corrected chi connectivity index (χ2v) is 11.2. The third-order valence-corrected chi connectivity index (χ3v) is 7.58. The van der Waals surface area contributed by atoms with E-state index in [4.69, 9.17) is 31.9 Å². The third kappa shape index (κ3) is 8.59. The van der Waals surface area contributed by atoms with Gasteiger partial charge >= 0.3 is 0 Å². The maximum absolute atomic E-state index is 6.39. The van der Waals surface area contributed by atoms with Crippen molar-refractivity contribution in [1.29, 1.82) is 0 Å². The molecule has 2 aromatic heterocycles. The molecule has 0 spiro atoms. The third-order valence-electron chi connectivity index (χ3n) is 6.41. The SMILES string of the molecule is CCSCCOc1nn(C2CCCCC2)cc1Nc1ncc(-c2ccc(Cl)c(O[C@@H](C)CN=CN=CN)c2)cn1. The number of hydrogen-bond donors (Lipinski definition) is 2. The normalized spacial score (nSPS) is 15.1. The Kier molecular flexibility index (Phi) is 11.5. The number of halogens is 1. The summed E-state index contributed by atoms with van der Waals surface area (Å²) >= 11 is 8.23. The largest absolute Gasteiger partial charge is 0.487 e. The van der Waals surface area contributed by atoms with Crippen LogP contribution in [0.2, 0.25) is 5.02 Å². The number of nitrogens with two attached hydrogens (primary N) is 1. The molecule has 1 aliphatic rings. The van der Waals surface area contributed by atoms with Crippen molar-refractivity contribution < 1.29 is 9.47 Å². The predicted molar refractivity (Wildman–Crippen MR) is 165 cm³/mol. The van der Waals surface area contributed by atoms with E-state index in [1.807, 2.05) is 41.7 Å². The van der Waals surface area contributed by atoms with Crippen LogP contribution in [0.5, 0.6) is 11.6 Å². The van der Waals surface area contributed by atoms with Crippen LogP contribution in [0, 0.1) is 0 Å². The minimum Gasteiger partial charge on any atom is -0.487 e. The van der Waals surface area contributed by atoms with E-state index in [-0.39, 0.29) is 6.10 Å². The van der Waals surface area contributed by atoms with Crippen LogP contribution in [0.15, 0.2) is 46.8 Å². The molecule has 0 bridgehead atoms. The smallest absolute Gasteiger partial charge is 0.256 e. The molecule has 0 aliphatic heterocycles. The van der Waals surface area contributed by atoms with Gasteiger partial charge in [-0.15, -0.1) is 5.10 Å². The molecule has 3 aromatic rings. The van der Waals surface area contributed by atoms with Gasteiger partial charge in [-0.25, -0.2) is 15.0 Å². The standard InChI is InChI=1S/C28H37ClN8O2S/c1-3-40-12-11-38-27-25(17-37(36-27)23-7-5-4-6-8-23)35-28-33-15-22(16-34-28)21-9-10-24(29)26(13-21)39-20(2)14-31-19-32-18-30/h9-10,13,15-20,23H,3-8,11-12,14H2,1-2H3,(H2,30,31,32)(H,33,34,35)/t20-/m0/s1. The van der Waals surface area contributed by atoms with Crippen LogP contribution in [0.25, 0.3) is 11.1 Å². The first-order valence-electron chi connectivity index (χ1n) is 13.6. The fourth-order valence-electron chi connectivity index (χ4n) is 4.41. The summed E-state index contributed by atoms with van der Waals surface area (Å²) in [5.74, 6) is 3.59. The van der Waals surface area contributed by atoms with Gasteiger partial charge in [-0.05, 0) is 43.2 Å². The van der Waals surface area contributed by atoms with Gasteiger partial charge in [0.2, 0.25) is 5.95 Å². The van der Waals surface area contributed by atoms with Crippen LogP contribution >= 0.6 is 23.4 Å². The molecule has 2 heterocycles. The molecule has 214 valence electrons. The summed E-state index contributed by atoms with van der Waals surface area (Å²) < 4.78 is 14.1. The molecule has 1 fully saturated rings. The van der Waals surface area contributed by atoms with Crippen molar-refractivity contribution in [2.75, 3.05) is 30.0 Å². The average molecular weight is 585 g/mol. The fraction of sp³-hybridized carbons (Fsp3) is 0.464. The number of benzene rings is 1. The maximum atomic E-state index is 6.39. The number of aliphatic imine (C=N–C) groups is 2. The Morgan fingerprint density at radius 3 is 2.77 bits per heavy atom. The van der Waals surface area contributed by atoms with E-state index in [9.17, 15) is 0 Å². The van der Waals surface area contributed by atoms with E-state index >= 15 is 0 Å². The Balaban J connectivity index is 1.45. The Labute approximate surface area is 244 Å². The van der Waals surface area contributed by atoms with Gasteiger partial charge in [-0.1, -0.05) is 43.9 Å². The fourth-order valence-corrected chi connectivity index (χ4v) is 5.06. The highest BCUT2D eigenvalue weighted by molar-refractivity contribution is 7.99. The molecule has 0 amide bonds. The molecular weight excluding hydrogens is 548 g/mol. The highest BCUT2D eigenvalue weighted by Crippen LogP contribution is 2.34. The average Bonchev–Trinajstić information content (AvgIpc) is 3.38. The zero-order valence-electron chi connectivity index (χ0n) is 23.0. The van der Waals surface area contributed by atoms with Gasteiger partial charge in [-0.2, -0.15) is 11.8 Å². The number of hydrogen-bond acceptors (Lipinski definition) is 8. The maximum Gasteiger partial charge on any atom is 0.256 e. The van der Waals surface area contributed by atoms with Crippen molar-refractivity contribution in [2.24, 2.45) is 15.7 Å². The number of nitrogens with zero attached hydrogens (tertiary/aromatic N) is 6. The molecule has 0 radical (unpaired) electrons. The van der Waals surface area contributed by atoms with Crippen molar-refractivity contribution in [3.05, 3.63) is 41.8 Å². The van der Waals surface area contributed by atoms with Crippen molar-refractivity contribution in [3.8, 4) is 22.8 Å². The first kappa shape index (κ1) is 29.7. The molecule has 1 aromatic carbocycles.